The Morgan fingerprint density at radius 3 is 2.65 bits per heavy atom. The van der Waals surface area contributed by atoms with Gasteiger partial charge in [0, 0.05) is 18.8 Å². The third-order valence-corrected chi connectivity index (χ3v) is 3.96. The van der Waals surface area contributed by atoms with E-state index in [0.29, 0.717) is 12.8 Å². The molecule has 1 aromatic heterocycles. The van der Waals surface area contributed by atoms with E-state index in [0.717, 1.165) is 22.6 Å². The second kappa shape index (κ2) is 4.16. The predicted molar refractivity (Wildman–Crippen MR) is 68.3 cm³/mol. The van der Waals surface area contributed by atoms with E-state index in [1.165, 1.54) is 0 Å². The standard InChI is InChI=1S/C13H16N4O3/c1-3-9-8(6-16(2)15-9)7-17-11(19)13(4-5-13)10(18)14-12(17)20/h6H,3-5,7H2,1-2H3,(H,14,18,20). The predicted octanol–water partition coefficient (Wildman–Crippen LogP) is 0.341. The molecule has 1 aliphatic carbocycles. The van der Waals surface area contributed by atoms with E-state index >= 15 is 0 Å². The number of hydrogen-bond acceptors (Lipinski definition) is 4. The maximum atomic E-state index is 12.4. The van der Waals surface area contributed by atoms with Gasteiger partial charge in [0.2, 0.25) is 11.8 Å². The Morgan fingerprint density at radius 1 is 1.35 bits per heavy atom. The van der Waals surface area contributed by atoms with Crippen molar-refractivity contribution >= 4 is 17.8 Å². The fourth-order valence-electron chi connectivity index (χ4n) is 2.63. The van der Waals surface area contributed by atoms with Gasteiger partial charge in [-0.25, -0.2) is 4.79 Å². The minimum atomic E-state index is -0.984. The Labute approximate surface area is 115 Å². The summed E-state index contributed by atoms with van der Waals surface area (Å²) in [5.74, 6) is -0.831. The number of hydrogen-bond donors (Lipinski definition) is 1. The first-order chi connectivity index (χ1) is 9.48. The molecule has 1 N–H and O–H groups in total. The van der Waals surface area contributed by atoms with E-state index < -0.39 is 17.4 Å². The van der Waals surface area contributed by atoms with Crippen molar-refractivity contribution in [2.24, 2.45) is 12.5 Å². The lowest BCUT2D eigenvalue weighted by Gasteiger charge is -2.30. The van der Waals surface area contributed by atoms with Crippen molar-refractivity contribution in [1.29, 1.82) is 0 Å². The molecule has 1 aromatic rings. The van der Waals surface area contributed by atoms with Gasteiger partial charge in [-0.15, -0.1) is 0 Å². The quantitative estimate of drug-likeness (QED) is 0.807. The van der Waals surface area contributed by atoms with Crippen LogP contribution in [-0.4, -0.2) is 32.5 Å². The third kappa shape index (κ3) is 1.73. The summed E-state index contributed by atoms with van der Waals surface area (Å²) in [6.07, 6.45) is 3.57. The highest BCUT2D eigenvalue weighted by Gasteiger charge is 2.62. The van der Waals surface area contributed by atoms with E-state index in [9.17, 15) is 14.4 Å². The van der Waals surface area contributed by atoms with Crippen molar-refractivity contribution in [3.05, 3.63) is 17.5 Å². The summed E-state index contributed by atoms with van der Waals surface area (Å²) in [7, 11) is 1.80. The van der Waals surface area contributed by atoms with Gasteiger partial charge >= 0.3 is 6.03 Å². The first-order valence-corrected chi connectivity index (χ1v) is 6.66. The average Bonchev–Trinajstić information content (AvgIpc) is 3.13. The lowest BCUT2D eigenvalue weighted by atomic mass is 10.0. The smallest absolute Gasteiger partial charge is 0.277 e. The van der Waals surface area contributed by atoms with Crippen molar-refractivity contribution in [1.82, 2.24) is 20.0 Å². The summed E-state index contributed by atoms with van der Waals surface area (Å²) in [5, 5.41) is 6.57. The van der Waals surface area contributed by atoms with E-state index in [-0.39, 0.29) is 12.5 Å². The van der Waals surface area contributed by atoms with Crippen LogP contribution in [0.1, 0.15) is 31.0 Å². The van der Waals surface area contributed by atoms with E-state index in [2.05, 4.69) is 10.4 Å². The molecule has 4 amide bonds. The van der Waals surface area contributed by atoms with Gasteiger partial charge in [0.25, 0.3) is 0 Å². The lowest BCUT2D eigenvalue weighted by molar-refractivity contribution is -0.145. The first kappa shape index (κ1) is 12.8. The van der Waals surface area contributed by atoms with Gasteiger partial charge < -0.3 is 0 Å². The Morgan fingerprint density at radius 2 is 2.05 bits per heavy atom. The molecule has 2 aliphatic rings. The van der Waals surface area contributed by atoms with Crippen LogP contribution < -0.4 is 5.32 Å². The molecular weight excluding hydrogens is 260 g/mol. The molecule has 7 heteroatoms. The van der Waals surface area contributed by atoms with Crippen LogP contribution in [0.2, 0.25) is 0 Å². The number of amides is 4. The number of carbonyl (C=O) groups is 3. The average molecular weight is 276 g/mol. The lowest BCUT2D eigenvalue weighted by Crippen LogP contribution is -2.58. The Hall–Kier alpha value is -2.18. The molecule has 7 nitrogen and oxygen atoms in total. The molecule has 0 unspecified atom stereocenters. The number of imide groups is 2. The van der Waals surface area contributed by atoms with Crippen LogP contribution in [0.5, 0.6) is 0 Å². The molecule has 1 spiro atoms. The molecule has 1 saturated heterocycles. The molecule has 0 radical (unpaired) electrons. The zero-order chi connectivity index (χ0) is 14.5. The Kier molecular flexibility index (Phi) is 2.67. The second-order valence-corrected chi connectivity index (χ2v) is 5.36. The SMILES string of the molecule is CCc1nn(C)cc1CN1C(=O)NC(=O)C2(CC2)C1=O. The van der Waals surface area contributed by atoms with E-state index in [1.54, 1.807) is 17.9 Å². The first-order valence-electron chi connectivity index (χ1n) is 6.66. The summed E-state index contributed by atoms with van der Waals surface area (Å²) < 4.78 is 1.67. The van der Waals surface area contributed by atoms with Gasteiger partial charge in [0.1, 0.15) is 5.41 Å². The zero-order valence-corrected chi connectivity index (χ0v) is 11.5. The topological polar surface area (TPSA) is 84.3 Å². The molecular formula is C13H16N4O3. The van der Waals surface area contributed by atoms with Crippen LogP contribution in [0.3, 0.4) is 0 Å². The van der Waals surface area contributed by atoms with Gasteiger partial charge in [-0.05, 0) is 19.3 Å². The fraction of sp³-hybridized carbons (Fsp3) is 0.538. The van der Waals surface area contributed by atoms with Crippen molar-refractivity contribution in [2.45, 2.75) is 32.7 Å². The molecule has 106 valence electrons. The van der Waals surface area contributed by atoms with Gasteiger partial charge in [-0.3, -0.25) is 24.5 Å². The summed E-state index contributed by atoms with van der Waals surface area (Å²) >= 11 is 0. The highest BCUT2D eigenvalue weighted by atomic mass is 16.2. The van der Waals surface area contributed by atoms with Gasteiger partial charge in [-0.2, -0.15) is 5.10 Å². The minimum absolute atomic E-state index is 0.163. The van der Waals surface area contributed by atoms with Crippen LogP contribution in [0.15, 0.2) is 6.20 Å². The monoisotopic (exact) mass is 276 g/mol. The van der Waals surface area contributed by atoms with Crippen LogP contribution in [0.4, 0.5) is 4.79 Å². The molecule has 2 fully saturated rings. The summed E-state index contributed by atoms with van der Waals surface area (Å²) in [6, 6.07) is -0.636. The maximum Gasteiger partial charge on any atom is 0.331 e. The summed E-state index contributed by atoms with van der Waals surface area (Å²) in [5.41, 5.74) is 0.709. The van der Waals surface area contributed by atoms with Gasteiger partial charge in [-0.1, -0.05) is 6.92 Å². The minimum Gasteiger partial charge on any atom is -0.277 e. The summed E-state index contributed by atoms with van der Waals surface area (Å²) in [4.78, 5) is 37.1. The van der Waals surface area contributed by atoms with Gasteiger partial charge in [0.15, 0.2) is 0 Å². The fourth-order valence-corrected chi connectivity index (χ4v) is 2.63. The van der Waals surface area contributed by atoms with Crippen LogP contribution in [0, 0.1) is 5.41 Å². The third-order valence-electron chi connectivity index (χ3n) is 3.96. The molecule has 0 bridgehead atoms. The van der Waals surface area contributed by atoms with Crippen LogP contribution in [0.25, 0.3) is 0 Å². The number of aromatic nitrogens is 2. The Bertz CT molecular complexity index is 615. The van der Waals surface area contributed by atoms with Crippen molar-refractivity contribution in [3.63, 3.8) is 0 Å². The number of carbonyl (C=O) groups excluding carboxylic acids is 3. The molecule has 0 aromatic carbocycles. The maximum absolute atomic E-state index is 12.4. The molecule has 1 aliphatic heterocycles. The van der Waals surface area contributed by atoms with Crippen LogP contribution >= 0.6 is 0 Å². The van der Waals surface area contributed by atoms with Crippen molar-refractivity contribution < 1.29 is 14.4 Å². The number of nitrogens with zero attached hydrogens (tertiary/aromatic N) is 3. The molecule has 2 heterocycles. The molecule has 1 saturated carbocycles. The number of aryl methyl sites for hydroxylation is 2. The van der Waals surface area contributed by atoms with Crippen molar-refractivity contribution in [3.8, 4) is 0 Å². The highest BCUT2D eigenvalue weighted by molar-refractivity contribution is 6.20. The Balaban J connectivity index is 1.88. The van der Waals surface area contributed by atoms with Crippen LogP contribution in [-0.2, 0) is 29.6 Å². The van der Waals surface area contributed by atoms with Crippen molar-refractivity contribution in [2.75, 3.05) is 0 Å². The number of rotatable bonds is 3. The zero-order valence-electron chi connectivity index (χ0n) is 11.5. The van der Waals surface area contributed by atoms with Gasteiger partial charge in [0.05, 0.1) is 12.2 Å². The summed E-state index contributed by atoms with van der Waals surface area (Å²) in [6.45, 7) is 2.13. The largest absolute Gasteiger partial charge is 0.331 e. The molecule has 3 rings (SSSR count). The molecule has 0 atom stereocenters. The molecule has 20 heavy (non-hydrogen) atoms. The second-order valence-electron chi connectivity index (χ2n) is 5.36. The number of barbiturate groups is 1. The van der Waals surface area contributed by atoms with E-state index in [4.69, 9.17) is 0 Å². The number of urea groups is 1. The number of nitrogens with one attached hydrogen (secondary N) is 1. The highest BCUT2D eigenvalue weighted by Crippen LogP contribution is 2.49. The normalized spacial score (nSPS) is 20.5. The van der Waals surface area contributed by atoms with E-state index in [1.807, 2.05) is 6.92 Å².